The highest BCUT2D eigenvalue weighted by molar-refractivity contribution is 6.30. The van der Waals surface area contributed by atoms with Crippen molar-refractivity contribution in [3.05, 3.63) is 29.0 Å². The van der Waals surface area contributed by atoms with Gasteiger partial charge in [0.25, 0.3) is 0 Å². The van der Waals surface area contributed by atoms with Crippen molar-refractivity contribution in [1.82, 2.24) is 0 Å². The molecule has 0 N–H and O–H groups in total. The predicted molar refractivity (Wildman–Crippen MR) is 42.0 cm³/mol. The van der Waals surface area contributed by atoms with E-state index in [9.17, 15) is 4.39 Å². The van der Waals surface area contributed by atoms with Crippen LogP contribution in [0.1, 0.15) is 0 Å². The van der Waals surface area contributed by atoms with Crippen molar-refractivity contribution < 1.29 is 14.2 Å². The first kappa shape index (κ1) is 8.69. The summed E-state index contributed by atoms with van der Waals surface area (Å²) in [6, 6.07) is 3.84. The molecule has 0 aliphatic carbocycles. The summed E-state index contributed by atoms with van der Waals surface area (Å²) >= 11 is 5.40. The molecule has 0 saturated carbocycles. The molecule has 0 amide bonds. The van der Waals surface area contributed by atoms with Crippen LogP contribution in [0.5, 0.6) is 5.75 Å². The summed E-state index contributed by atoms with van der Waals surface area (Å²) in [4.78, 5) is 8.59. The Balaban J connectivity index is 2.77. The molecule has 62 valence electrons. The molecule has 1 aromatic carbocycles. The van der Waals surface area contributed by atoms with Crippen LogP contribution < -0.4 is 4.89 Å². The Bertz CT molecular complexity index is 319. The van der Waals surface area contributed by atoms with Crippen LogP contribution in [0.4, 0.5) is 4.39 Å². The SMILES string of the molecule is C#COOc1ccc(Cl)c(F)c1. The molecule has 0 heterocycles. The Morgan fingerprint density at radius 1 is 1.50 bits per heavy atom. The minimum atomic E-state index is -0.588. The van der Waals surface area contributed by atoms with Gasteiger partial charge in [-0.2, -0.15) is 0 Å². The lowest BCUT2D eigenvalue weighted by Crippen LogP contribution is -1.90. The van der Waals surface area contributed by atoms with Gasteiger partial charge in [0, 0.05) is 6.07 Å². The van der Waals surface area contributed by atoms with Crippen molar-refractivity contribution in [3.8, 4) is 18.3 Å². The number of benzene rings is 1. The summed E-state index contributed by atoms with van der Waals surface area (Å²) in [6.07, 6.45) is 6.50. The normalized spacial score (nSPS) is 8.75. The standard InChI is InChI=1S/C8H4ClFO2/c1-2-11-12-6-3-4-7(9)8(10)5-6/h1,3-5H. The molecule has 0 atom stereocenters. The molecule has 12 heavy (non-hydrogen) atoms. The Kier molecular flexibility index (Phi) is 2.78. The minimum absolute atomic E-state index is 0.0167. The van der Waals surface area contributed by atoms with E-state index in [0.717, 1.165) is 6.07 Å². The summed E-state index contributed by atoms with van der Waals surface area (Å²) in [5, 5.41) is 0.0167. The second-order valence-electron chi connectivity index (χ2n) is 1.86. The molecule has 0 aliphatic rings. The number of hydrogen-bond acceptors (Lipinski definition) is 2. The fraction of sp³-hybridized carbons (Fsp3) is 0. The molecule has 0 radical (unpaired) electrons. The quantitative estimate of drug-likeness (QED) is 0.401. The smallest absolute Gasteiger partial charge is 0.182 e. The lowest BCUT2D eigenvalue weighted by Gasteiger charge is -1.99. The van der Waals surface area contributed by atoms with Crippen molar-refractivity contribution in [3.63, 3.8) is 0 Å². The van der Waals surface area contributed by atoms with E-state index in [-0.39, 0.29) is 10.8 Å². The van der Waals surface area contributed by atoms with E-state index in [1.807, 2.05) is 0 Å². The van der Waals surface area contributed by atoms with Gasteiger partial charge in [0.2, 0.25) is 0 Å². The van der Waals surface area contributed by atoms with Gasteiger partial charge >= 0.3 is 0 Å². The third kappa shape index (κ3) is 2.04. The van der Waals surface area contributed by atoms with E-state index < -0.39 is 5.82 Å². The van der Waals surface area contributed by atoms with Crippen LogP contribution >= 0.6 is 11.6 Å². The molecule has 4 heteroatoms. The van der Waals surface area contributed by atoms with Crippen molar-refractivity contribution in [2.45, 2.75) is 0 Å². The molecule has 2 nitrogen and oxygen atoms in total. The summed E-state index contributed by atoms with van der Waals surface area (Å²) in [6.45, 7) is 0. The average molecular weight is 187 g/mol. The highest BCUT2D eigenvalue weighted by atomic mass is 35.5. The minimum Gasteiger partial charge on any atom is -0.281 e. The molecular formula is C8H4ClFO2. The molecule has 0 saturated heterocycles. The van der Waals surface area contributed by atoms with E-state index in [2.05, 4.69) is 9.78 Å². The number of halogens is 2. The van der Waals surface area contributed by atoms with Crippen molar-refractivity contribution in [1.29, 1.82) is 0 Å². The molecule has 0 fully saturated rings. The Labute approximate surface area is 73.8 Å². The van der Waals surface area contributed by atoms with Crippen LogP contribution in [-0.2, 0) is 4.89 Å². The van der Waals surface area contributed by atoms with Gasteiger partial charge in [-0.1, -0.05) is 18.0 Å². The fourth-order valence-electron chi connectivity index (χ4n) is 0.601. The van der Waals surface area contributed by atoms with Crippen LogP contribution in [0.3, 0.4) is 0 Å². The maximum atomic E-state index is 12.7. The van der Waals surface area contributed by atoms with E-state index >= 15 is 0 Å². The predicted octanol–water partition coefficient (Wildman–Crippen LogP) is 2.38. The second-order valence-corrected chi connectivity index (χ2v) is 2.27. The number of terminal acetylenes is 1. The first-order valence-electron chi connectivity index (χ1n) is 2.98. The van der Waals surface area contributed by atoms with Crippen molar-refractivity contribution in [2.24, 2.45) is 0 Å². The topological polar surface area (TPSA) is 18.5 Å². The number of rotatable bonds is 2. The molecule has 0 spiro atoms. The third-order valence-electron chi connectivity index (χ3n) is 1.08. The molecular weight excluding hydrogens is 183 g/mol. The van der Waals surface area contributed by atoms with Crippen LogP contribution in [-0.4, -0.2) is 0 Å². The summed E-state index contributed by atoms with van der Waals surface area (Å²) in [5.74, 6) is -0.426. The zero-order chi connectivity index (χ0) is 8.97. The zero-order valence-electron chi connectivity index (χ0n) is 5.88. The van der Waals surface area contributed by atoms with Crippen molar-refractivity contribution >= 4 is 11.6 Å². The van der Waals surface area contributed by atoms with Crippen LogP contribution in [0.15, 0.2) is 18.2 Å². The van der Waals surface area contributed by atoms with Crippen LogP contribution in [0.2, 0.25) is 5.02 Å². The van der Waals surface area contributed by atoms with Gasteiger partial charge in [-0.3, -0.25) is 4.89 Å². The zero-order valence-corrected chi connectivity index (χ0v) is 6.64. The van der Waals surface area contributed by atoms with Gasteiger partial charge in [0.1, 0.15) is 5.82 Å². The average Bonchev–Trinajstić information content (AvgIpc) is 2.07. The Morgan fingerprint density at radius 3 is 2.83 bits per heavy atom. The molecule has 0 bridgehead atoms. The fourth-order valence-corrected chi connectivity index (χ4v) is 0.718. The van der Waals surface area contributed by atoms with Crippen molar-refractivity contribution in [2.75, 3.05) is 0 Å². The Hall–Kier alpha value is -1.40. The summed E-state index contributed by atoms with van der Waals surface area (Å²) in [7, 11) is 0. The van der Waals surface area contributed by atoms with Gasteiger partial charge in [-0.25, -0.2) is 9.28 Å². The van der Waals surface area contributed by atoms with E-state index in [1.165, 1.54) is 12.1 Å². The maximum absolute atomic E-state index is 12.7. The maximum Gasteiger partial charge on any atom is 0.182 e. The molecule has 1 rings (SSSR count). The first-order chi connectivity index (χ1) is 5.74. The van der Waals surface area contributed by atoms with Gasteiger partial charge in [0.05, 0.1) is 5.02 Å². The number of hydrogen-bond donors (Lipinski definition) is 0. The molecule has 1 aromatic rings. The van der Waals surface area contributed by atoms with Gasteiger partial charge < -0.3 is 0 Å². The first-order valence-corrected chi connectivity index (χ1v) is 3.36. The molecule has 0 aliphatic heterocycles. The van der Waals surface area contributed by atoms with E-state index in [0.29, 0.717) is 0 Å². The largest absolute Gasteiger partial charge is 0.281 e. The molecule has 0 unspecified atom stereocenters. The van der Waals surface area contributed by atoms with E-state index in [1.54, 1.807) is 6.11 Å². The highest BCUT2D eigenvalue weighted by Gasteiger charge is 2.01. The van der Waals surface area contributed by atoms with Gasteiger partial charge in [-0.05, 0) is 12.1 Å². The molecule has 0 aromatic heterocycles. The van der Waals surface area contributed by atoms with E-state index in [4.69, 9.17) is 18.0 Å². The summed E-state index contributed by atoms with van der Waals surface area (Å²) in [5.41, 5.74) is 0. The highest BCUT2D eigenvalue weighted by Crippen LogP contribution is 2.20. The van der Waals surface area contributed by atoms with Gasteiger partial charge in [-0.15, -0.1) is 0 Å². The van der Waals surface area contributed by atoms with Crippen LogP contribution in [0.25, 0.3) is 0 Å². The lowest BCUT2D eigenvalue weighted by atomic mass is 10.3. The summed E-state index contributed by atoms with van der Waals surface area (Å²) < 4.78 is 12.7. The third-order valence-corrected chi connectivity index (χ3v) is 1.38. The monoisotopic (exact) mass is 186 g/mol. The second kappa shape index (κ2) is 3.84. The Morgan fingerprint density at radius 2 is 2.25 bits per heavy atom. The van der Waals surface area contributed by atoms with Crippen LogP contribution in [0, 0.1) is 18.3 Å². The lowest BCUT2D eigenvalue weighted by molar-refractivity contribution is -0.134. The van der Waals surface area contributed by atoms with Gasteiger partial charge in [0.15, 0.2) is 11.9 Å².